The number of anilines is 1. The van der Waals surface area contributed by atoms with E-state index in [1.165, 1.54) is 0 Å². The number of amides is 1. The lowest BCUT2D eigenvalue weighted by Gasteiger charge is -2.09. The molecular weight excluding hydrogens is 430 g/mol. The maximum absolute atomic E-state index is 12.7. The second-order valence-corrected chi connectivity index (χ2v) is 9.87. The fourth-order valence-electron chi connectivity index (χ4n) is 2.68. The average molecular weight is 462 g/mol. The first-order chi connectivity index (χ1) is 15.0. The van der Waals surface area contributed by atoms with Crippen LogP contribution in [0, 0.1) is 30.1 Å². The first-order valence-corrected chi connectivity index (χ1v) is 11.5. The minimum atomic E-state index is -0.852. The fraction of sp³-hybridized carbons (Fsp3) is 0.542. The zero-order valence-electron chi connectivity index (χ0n) is 19.5. The van der Waals surface area contributed by atoms with Crippen LogP contribution in [0.15, 0.2) is 19.7 Å². The summed E-state index contributed by atoms with van der Waals surface area (Å²) in [5.74, 6) is 5.49. The number of thiophene rings is 1. The zero-order valence-corrected chi connectivity index (χ0v) is 20.4. The summed E-state index contributed by atoms with van der Waals surface area (Å²) in [6.07, 6.45) is 3.20. The number of ether oxygens (including phenoxy) is 1. The van der Waals surface area contributed by atoms with Gasteiger partial charge in [-0.1, -0.05) is 38.5 Å². The van der Waals surface area contributed by atoms with Crippen molar-refractivity contribution >= 4 is 28.9 Å². The van der Waals surface area contributed by atoms with Gasteiger partial charge in [0.1, 0.15) is 4.88 Å². The minimum Gasteiger partial charge on any atom is -0.453 e. The maximum Gasteiger partial charge on any atom is 0.519 e. The molecular formula is C24H31NO6S. The Bertz CT molecular complexity index is 1060. The molecule has 174 valence electrons. The van der Waals surface area contributed by atoms with Crippen molar-refractivity contribution in [3.8, 4) is 11.8 Å². The summed E-state index contributed by atoms with van der Waals surface area (Å²) >= 11 is 1.15. The highest BCUT2D eigenvalue weighted by molar-refractivity contribution is 7.15. The quantitative estimate of drug-likeness (QED) is 0.390. The van der Waals surface area contributed by atoms with Crippen molar-refractivity contribution in [1.82, 2.24) is 0 Å². The molecule has 32 heavy (non-hydrogen) atoms. The van der Waals surface area contributed by atoms with Crippen molar-refractivity contribution in [3.63, 3.8) is 0 Å². The van der Waals surface area contributed by atoms with E-state index in [0.717, 1.165) is 30.6 Å². The summed E-state index contributed by atoms with van der Waals surface area (Å²) in [7, 11) is 0. The molecule has 0 aliphatic heterocycles. The largest absolute Gasteiger partial charge is 0.519 e. The number of carbonyl (C=O) groups is 2. The van der Waals surface area contributed by atoms with Crippen LogP contribution < -0.4 is 11.1 Å². The van der Waals surface area contributed by atoms with Gasteiger partial charge in [-0.15, -0.1) is 11.3 Å². The summed E-state index contributed by atoms with van der Waals surface area (Å²) in [4.78, 5) is 37.2. The van der Waals surface area contributed by atoms with Crippen LogP contribution in [-0.2, 0) is 16.1 Å². The van der Waals surface area contributed by atoms with Crippen molar-refractivity contribution in [3.05, 3.63) is 38.0 Å². The molecule has 0 spiro atoms. The standard InChI is InChI=1S/C24H31NO6S/c1-7-15(2)9-8-10-20(26)25-18-13-17(11-12-24(4,5)6)32-21(18)22(27)29-14-19-16(3)30-23(28)31-19/h13,15H,7-10,14H2,1-6H3,(H,25,26). The number of hydrogen-bond acceptors (Lipinski definition) is 7. The molecule has 2 aromatic heterocycles. The van der Waals surface area contributed by atoms with Gasteiger partial charge in [0, 0.05) is 11.8 Å². The van der Waals surface area contributed by atoms with E-state index >= 15 is 0 Å². The Labute approximate surface area is 192 Å². The Morgan fingerprint density at radius 3 is 2.59 bits per heavy atom. The monoisotopic (exact) mass is 461 g/mol. The van der Waals surface area contributed by atoms with E-state index in [2.05, 4.69) is 31.0 Å². The van der Waals surface area contributed by atoms with Crippen LogP contribution >= 0.6 is 11.3 Å². The zero-order chi connectivity index (χ0) is 23.9. The Morgan fingerprint density at radius 1 is 1.28 bits per heavy atom. The van der Waals surface area contributed by atoms with Crippen molar-refractivity contribution < 1.29 is 23.2 Å². The summed E-state index contributed by atoms with van der Waals surface area (Å²) in [6.45, 7) is 11.6. The first kappa shape index (κ1) is 25.5. The molecule has 1 N–H and O–H groups in total. The molecule has 0 saturated heterocycles. The molecule has 2 aromatic rings. The van der Waals surface area contributed by atoms with Gasteiger partial charge in [-0.05, 0) is 46.1 Å². The van der Waals surface area contributed by atoms with Crippen LogP contribution in [0.4, 0.5) is 5.69 Å². The smallest absolute Gasteiger partial charge is 0.453 e. The SMILES string of the molecule is CCC(C)CCCC(=O)Nc1cc(C#CC(C)(C)C)sc1C(=O)OCc1oc(=O)oc1C. The second-order valence-electron chi connectivity index (χ2n) is 8.82. The third-order valence-corrected chi connectivity index (χ3v) is 5.75. The van der Waals surface area contributed by atoms with Crippen LogP contribution in [0.1, 0.15) is 86.4 Å². The predicted molar refractivity (Wildman–Crippen MR) is 124 cm³/mol. The van der Waals surface area contributed by atoms with Gasteiger partial charge in [0.2, 0.25) is 5.91 Å². The van der Waals surface area contributed by atoms with Crippen LogP contribution in [0.25, 0.3) is 0 Å². The molecule has 0 aromatic carbocycles. The summed E-state index contributed by atoms with van der Waals surface area (Å²) in [5.41, 5.74) is 0.164. The molecule has 2 rings (SSSR count). The van der Waals surface area contributed by atoms with Gasteiger partial charge in [-0.25, -0.2) is 9.59 Å². The van der Waals surface area contributed by atoms with Crippen LogP contribution in [0.5, 0.6) is 0 Å². The maximum atomic E-state index is 12.7. The van der Waals surface area contributed by atoms with Gasteiger partial charge in [-0.2, -0.15) is 0 Å². The molecule has 1 amide bonds. The van der Waals surface area contributed by atoms with Gasteiger partial charge in [-0.3, -0.25) is 4.79 Å². The normalized spacial score (nSPS) is 12.1. The highest BCUT2D eigenvalue weighted by Crippen LogP contribution is 2.29. The Morgan fingerprint density at radius 2 is 2.00 bits per heavy atom. The third-order valence-electron chi connectivity index (χ3n) is 4.72. The molecule has 8 heteroatoms. The number of nitrogens with one attached hydrogen (secondary N) is 1. The van der Waals surface area contributed by atoms with E-state index in [9.17, 15) is 14.4 Å². The fourth-order valence-corrected chi connectivity index (χ4v) is 3.54. The summed E-state index contributed by atoms with van der Waals surface area (Å²) in [6, 6.07) is 1.69. The van der Waals surface area contributed by atoms with Crippen LogP contribution in [0.2, 0.25) is 0 Å². The molecule has 0 fully saturated rings. The summed E-state index contributed by atoms with van der Waals surface area (Å²) in [5, 5.41) is 2.83. The average Bonchev–Trinajstić information content (AvgIpc) is 3.25. The van der Waals surface area contributed by atoms with E-state index in [-0.39, 0.29) is 34.3 Å². The Kier molecular flexibility index (Phi) is 8.90. The molecule has 7 nitrogen and oxygen atoms in total. The van der Waals surface area contributed by atoms with Crippen LogP contribution in [0.3, 0.4) is 0 Å². The molecule has 0 radical (unpaired) electrons. The van der Waals surface area contributed by atoms with E-state index in [4.69, 9.17) is 13.6 Å². The molecule has 0 aliphatic carbocycles. The lowest BCUT2D eigenvalue weighted by molar-refractivity contribution is -0.116. The van der Waals surface area contributed by atoms with E-state index in [0.29, 0.717) is 22.9 Å². The third kappa shape index (κ3) is 8.04. The Balaban J connectivity index is 2.16. The van der Waals surface area contributed by atoms with Crippen molar-refractivity contribution in [2.45, 2.75) is 73.8 Å². The van der Waals surface area contributed by atoms with Crippen molar-refractivity contribution in [2.24, 2.45) is 11.3 Å². The topological polar surface area (TPSA) is 98.8 Å². The number of esters is 1. The number of aryl methyl sites for hydroxylation is 1. The molecule has 0 aliphatic rings. The molecule has 1 atom stereocenters. The minimum absolute atomic E-state index is 0.142. The molecule has 1 unspecified atom stereocenters. The predicted octanol–water partition coefficient (Wildman–Crippen LogP) is 5.51. The van der Waals surface area contributed by atoms with Crippen LogP contribution in [-0.4, -0.2) is 11.9 Å². The molecule has 0 saturated carbocycles. The first-order valence-electron chi connectivity index (χ1n) is 10.7. The number of rotatable bonds is 9. The molecule has 2 heterocycles. The summed E-state index contributed by atoms with van der Waals surface area (Å²) < 4.78 is 14.9. The lowest BCUT2D eigenvalue weighted by Crippen LogP contribution is -2.14. The second kappa shape index (κ2) is 11.2. The van der Waals surface area contributed by atoms with Gasteiger partial charge in [0.15, 0.2) is 18.1 Å². The van der Waals surface area contributed by atoms with Gasteiger partial charge in [0.25, 0.3) is 0 Å². The highest BCUT2D eigenvalue weighted by Gasteiger charge is 2.21. The Hall–Kier alpha value is -2.79. The van der Waals surface area contributed by atoms with Gasteiger partial charge >= 0.3 is 11.8 Å². The van der Waals surface area contributed by atoms with Gasteiger partial charge in [0.05, 0.1) is 10.6 Å². The van der Waals surface area contributed by atoms with E-state index < -0.39 is 11.8 Å². The lowest BCUT2D eigenvalue weighted by atomic mass is 9.98. The van der Waals surface area contributed by atoms with E-state index in [1.807, 2.05) is 20.8 Å². The van der Waals surface area contributed by atoms with Crippen molar-refractivity contribution in [1.29, 1.82) is 0 Å². The highest BCUT2D eigenvalue weighted by atomic mass is 32.1. The number of hydrogen-bond donors (Lipinski definition) is 1. The van der Waals surface area contributed by atoms with Gasteiger partial charge < -0.3 is 18.9 Å². The van der Waals surface area contributed by atoms with E-state index in [1.54, 1.807) is 13.0 Å². The molecule has 0 bridgehead atoms. The number of carbonyl (C=O) groups excluding carboxylic acids is 2. The van der Waals surface area contributed by atoms with Crippen molar-refractivity contribution in [2.75, 3.05) is 5.32 Å².